The first-order valence-corrected chi connectivity index (χ1v) is 9.13. The molecular weight excluding hydrogens is 328 g/mol. The summed E-state index contributed by atoms with van der Waals surface area (Å²) in [5.41, 5.74) is 6.15. The number of thiol groups is 1. The molecule has 0 atom stereocenters. The van der Waals surface area contributed by atoms with Gasteiger partial charge in [0, 0.05) is 16.0 Å². The second-order valence-electron chi connectivity index (χ2n) is 5.58. The molecule has 0 amide bonds. The van der Waals surface area contributed by atoms with E-state index in [4.69, 9.17) is 12.6 Å². The fourth-order valence-corrected chi connectivity index (χ4v) is 4.57. The maximum atomic E-state index is 4.82. The molecule has 4 aromatic rings. The first kappa shape index (κ1) is 15.3. The molecule has 0 radical (unpaired) electrons. The first-order valence-electron chi connectivity index (χ1n) is 7.86. The summed E-state index contributed by atoms with van der Waals surface area (Å²) in [5, 5.41) is 0. The Morgan fingerprint density at radius 3 is 1.42 bits per heavy atom. The topological polar surface area (TPSA) is 0 Å². The third-order valence-corrected chi connectivity index (χ3v) is 5.59. The SMILES string of the molecule is Sc1sc(-c2ccccc2)c(-c2ccccc2)c1-c1ccccc1. The molecule has 0 saturated heterocycles. The van der Waals surface area contributed by atoms with E-state index in [1.54, 1.807) is 11.3 Å². The quantitative estimate of drug-likeness (QED) is 0.379. The van der Waals surface area contributed by atoms with Crippen molar-refractivity contribution < 1.29 is 0 Å². The van der Waals surface area contributed by atoms with Gasteiger partial charge in [-0.3, -0.25) is 0 Å². The number of benzene rings is 3. The Morgan fingerprint density at radius 1 is 0.500 bits per heavy atom. The molecule has 0 aliphatic rings. The van der Waals surface area contributed by atoms with Crippen molar-refractivity contribution in [1.29, 1.82) is 0 Å². The molecule has 0 aliphatic carbocycles. The van der Waals surface area contributed by atoms with E-state index in [9.17, 15) is 0 Å². The Morgan fingerprint density at radius 2 is 0.917 bits per heavy atom. The predicted molar refractivity (Wildman–Crippen MR) is 108 cm³/mol. The molecular formula is C22H16S2. The first-order chi connectivity index (χ1) is 11.8. The Balaban J connectivity index is 2.03. The van der Waals surface area contributed by atoms with Gasteiger partial charge in [0.1, 0.15) is 0 Å². The minimum atomic E-state index is 1.05. The molecule has 3 aromatic carbocycles. The average molecular weight is 345 g/mol. The summed E-state index contributed by atoms with van der Waals surface area (Å²) in [5.74, 6) is 0. The van der Waals surface area contributed by atoms with Crippen molar-refractivity contribution in [2.24, 2.45) is 0 Å². The van der Waals surface area contributed by atoms with E-state index in [2.05, 4.69) is 84.9 Å². The highest BCUT2D eigenvalue weighted by Gasteiger charge is 2.20. The fourth-order valence-electron chi connectivity index (χ4n) is 2.96. The van der Waals surface area contributed by atoms with E-state index < -0.39 is 0 Å². The third kappa shape index (κ3) is 2.79. The predicted octanol–water partition coefficient (Wildman–Crippen LogP) is 7.04. The normalized spacial score (nSPS) is 10.7. The maximum absolute atomic E-state index is 4.82. The van der Waals surface area contributed by atoms with Crippen LogP contribution in [0.5, 0.6) is 0 Å². The van der Waals surface area contributed by atoms with E-state index in [1.165, 1.54) is 32.7 Å². The van der Waals surface area contributed by atoms with Crippen LogP contribution in [0.15, 0.2) is 95.2 Å². The molecule has 0 spiro atoms. The van der Waals surface area contributed by atoms with E-state index in [0.29, 0.717) is 0 Å². The minimum Gasteiger partial charge on any atom is -0.132 e. The maximum Gasteiger partial charge on any atom is 0.0659 e. The molecule has 2 heteroatoms. The highest BCUT2D eigenvalue weighted by molar-refractivity contribution is 7.83. The molecule has 0 bridgehead atoms. The van der Waals surface area contributed by atoms with Gasteiger partial charge in [-0.15, -0.1) is 24.0 Å². The van der Waals surface area contributed by atoms with Crippen molar-refractivity contribution in [2.75, 3.05) is 0 Å². The van der Waals surface area contributed by atoms with Crippen molar-refractivity contribution >= 4 is 24.0 Å². The van der Waals surface area contributed by atoms with E-state index >= 15 is 0 Å². The number of hydrogen-bond acceptors (Lipinski definition) is 2. The van der Waals surface area contributed by atoms with Crippen molar-refractivity contribution in [3.63, 3.8) is 0 Å². The molecule has 0 fully saturated rings. The van der Waals surface area contributed by atoms with E-state index in [0.717, 1.165) is 4.21 Å². The van der Waals surface area contributed by atoms with Gasteiger partial charge in [0.15, 0.2) is 0 Å². The molecule has 1 aromatic heterocycles. The third-order valence-electron chi connectivity index (χ3n) is 4.05. The Kier molecular flexibility index (Phi) is 4.24. The van der Waals surface area contributed by atoms with Crippen LogP contribution in [0, 0.1) is 0 Å². The summed E-state index contributed by atoms with van der Waals surface area (Å²) in [6.07, 6.45) is 0. The van der Waals surface area contributed by atoms with Crippen LogP contribution in [0.1, 0.15) is 0 Å². The Bertz CT molecular complexity index is 939. The molecule has 1 heterocycles. The summed E-state index contributed by atoms with van der Waals surface area (Å²) in [4.78, 5) is 1.27. The van der Waals surface area contributed by atoms with Gasteiger partial charge in [-0.2, -0.15) is 0 Å². The minimum absolute atomic E-state index is 1.05. The van der Waals surface area contributed by atoms with Crippen LogP contribution in [0.25, 0.3) is 32.7 Å². The van der Waals surface area contributed by atoms with Gasteiger partial charge in [0.25, 0.3) is 0 Å². The second kappa shape index (κ2) is 6.68. The lowest BCUT2D eigenvalue weighted by atomic mass is 9.95. The number of hydrogen-bond donors (Lipinski definition) is 1. The van der Waals surface area contributed by atoms with Gasteiger partial charge >= 0.3 is 0 Å². The summed E-state index contributed by atoms with van der Waals surface area (Å²) in [7, 11) is 0. The Hall–Kier alpha value is -2.29. The van der Waals surface area contributed by atoms with Crippen LogP contribution in [-0.4, -0.2) is 0 Å². The highest BCUT2D eigenvalue weighted by atomic mass is 32.2. The van der Waals surface area contributed by atoms with Crippen LogP contribution < -0.4 is 0 Å². The molecule has 0 N–H and O–H groups in total. The lowest BCUT2D eigenvalue weighted by molar-refractivity contribution is 1.58. The lowest BCUT2D eigenvalue weighted by Gasteiger charge is -2.09. The summed E-state index contributed by atoms with van der Waals surface area (Å²) < 4.78 is 1.05. The second-order valence-corrected chi connectivity index (χ2v) is 7.35. The van der Waals surface area contributed by atoms with Gasteiger partial charge in [-0.05, 0) is 16.7 Å². The van der Waals surface area contributed by atoms with E-state index in [1.807, 2.05) is 6.07 Å². The van der Waals surface area contributed by atoms with Gasteiger partial charge in [0.05, 0.1) is 4.21 Å². The average Bonchev–Trinajstić information content (AvgIpc) is 3.01. The van der Waals surface area contributed by atoms with Crippen molar-refractivity contribution in [1.82, 2.24) is 0 Å². The molecule has 4 rings (SSSR count). The van der Waals surface area contributed by atoms with E-state index in [-0.39, 0.29) is 0 Å². The van der Waals surface area contributed by atoms with Crippen LogP contribution >= 0.6 is 24.0 Å². The van der Waals surface area contributed by atoms with Crippen LogP contribution in [0.2, 0.25) is 0 Å². The molecule has 0 saturated carbocycles. The number of thiophene rings is 1. The highest BCUT2D eigenvalue weighted by Crippen LogP contribution is 2.49. The monoisotopic (exact) mass is 344 g/mol. The summed E-state index contributed by atoms with van der Waals surface area (Å²) in [6.45, 7) is 0. The van der Waals surface area contributed by atoms with Crippen molar-refractivity contribution in [3.05, 3.63) is 91.0 Å². The zero-order valence-corrected chi connectivity index (χ0v) is 14.7. The lowest BCUT2D eigenvalue weighted by Crippen LogP contribution is -1.84. The fraction of sp³-hybridized carbons (Fsp3) is 0. The molecule has 24 heavy (non-hydrogen) atoms. The van der Waals surface area contributed by atoms with Gasteiger partial charge in [0.2, 0.25) is 0 Å². The molecule has 0 nitrogen and oxygen atoms in total. The zero-order chi connectivity index (χ0) is 16.4. The van der Waals surface area contributed by atoms with Crippen LogP contribution in [0.4, 0.5) is 0 Å². The molecule has 116 valence electrons. The van der Waals surface area contributed by atoms with Crippen molar-refractivity contribution in [2.45, 2.75) is 4.21 Å². The number of rotatable bonds is 3. The standard InChI is InChI=1S/C22H16S2/c23-22-20(17-12-6-2-7-13-17)19(16-10-4-1-5-11-16)21(24-22)18-14-8-3-9-15-18/h1-15,23H. The van der Waals surface area contributed by atoms with Crippen LogP contribution in [0.3, 0.4) is 0 Å². The molecule has 0 unspecified atom stereocenters. The van der Waals surface area contributed by atoms with Gasteiger partial charge in [-0.1, -0.05) is 91.0 Å². The van der Waals surface area contributed by atoms with Gasteiger partial charge in [-0.25, -0.2) is 0 Å². The van der Waals surface area contributed by atoms with Gasteiger partial charge < -0.3 is 0 Å². The Labute approximate surface area is 151 Å². The zero-order valence-electron chi connectivity index (χ0n) is 13.0. The smallest absolute Gasteiger partial charge is 0.0659 e. The van der Waals surface area contributed by atoms with Crippen LogP contribution in [-0.2, 0) is 0 Å². The largest absolute Gasteiger partial charge is 0.132 e. The molecule has 0 aliphatic heterocycles. The summed E-state index contributed by atoms with van der Waals surface area (Å²) >= 11 is 6.57. The summed E-state index contributed by atoms with van der Waals surface area (Å²) in [6, 6.07) is 31.7. The van der Waals surface area contributed by atoms with Crippen molar-refractivity contribution in [3.8, 4) is 32.7 Å².